The highest BCUT2D eigenvalue weighted by Crippen LogP contribution is 2.63. The molecule has 3 aromatic carbocycles. The van der Waals surface area contributed by atoms with E-state index >= 15 is 0 Å². The molecule has 0 aromatic heterocycles. The molecule has 3 aromatic rings. The van der Waals surface area contributed by atoms with E-state index in [9.17, 15) is 0 Å². The molecule has 0 saturated heterocycles. The summed E-state index contributed by atoms with van der Waals surface area (Å²) >= 11 is 1.84. The summed E-state index contributed by atoms with van der Waals surface area (Å²) in [6.45, 7) is 1.08. The minimum atomic E-state index is -0.974. The van der Waals surface area contributed by atoms with Gasteiger partial charge in [0.05, 0.1) is 12.7 Å². The molecule has 0 saturated carbocycles. The van der Waals surface area contributed by atoms with E-state index in [1.165, 1.54) is 43.2 Å². The smallest absolute Gasteiger partial charge is 0.267 e. The minimum Gasteiger partial charge on any atom is -0.493 e. The lowest BCUT2D eigenvalue weighted by molar-refractivity contribution is -0.145. The van der Waals surface area contributed by atoms with Gasteiger partial charge < -0.3 is 14.2 Å². The monoisotopic (exact) mass is 429 g/mol. The van der Waals surface area contributed by atoms with Gasteiger partial charge in [0.1, 0.15) is 0 Å². The van der Waals surface area contributed by atoms with Crippen molar-refractivity contribution < 1.29 is 14.2 Å². The van der Waals surface area contributed by atoms with Gasteiger partial charge in [-0.3, -0.25) is 4.90 Å². The van der Waals surface area contributed by atoms with Crippen LogP contribution in [0.4, 0.5) is 0 Å². The van der Waals surface area contributed by atoms with Gasteiger partial charge in [0.25, 0.3) is 5.79 Å². The van der Waals surface area contributed by atoms with E-state index in [1.807, 2.05) is 17.8 Å². The Morgan fingerprint density at radius 3 is 2.77 bits per heavy atom. The maximum absolute atomic E-state index is 6.87. The summed E-state index contributed by atoms with van der Waals surface area (Å²) in [5.74, 6) is 0.596. The van der Waals surface area contributed by atoms with Crippen LogP contribution in [-0.4, -0.2) is 32.7 Å². The van der Waals surface area contributed by atoms with E-state index in [4.69, 9.17) is 14.2 Å². The van der Waals surface area contributed by atoms with Crippen LogP contribution in [-0.2, 0) is 23.4 Å². The molecule has 4 aliphatic rings. The van der Waals surface area contributed by atoms with E-state index in [2.05, 4.69) is 48.3 Å². The number of nitrogens with zero attached hydrogens (tertiary/aromatic N) is 1. The molecule has 2 atom stereocenters. The summed E-state index contributed by atoms with van der Waals surface area (Å²) in [6, 6.07) is 15.5. The number of likely N-dealkylation sites (N-methyl/N-ethyl adjacent to an activating group) is 1. The maximum atomic E-state index is 6.87. The molecule has 1 unspecified atom stereocenters. The van der Waals surface area contributed by atoms with Gasteiger partial charge in [-0.05, 0) is 54.8 Å². The zero-order valence-corrected chi connectivity index (χ0v) is 18.6. The lowest BCUT2D eigenvalue weighted by Crippen LogP contribution is -2.45. The first-order valence-corrected chi connectivity index (χ1v) is 11.6. The van der Waals surface area contributed by atoms with Gasteiger partial charge in [0.15, 0.2) is 11.5 Å². The van der Waals surface area contributed by atoms with Crippen LogP contribution in [0, 0.1) is 0 Å². The average molecular weight is 430 g/mol. The predicted octanol–water partition coefficient (Wildman–Crippen LogP) is 5.15. The Hall–Kier alpha value is -2.47. The van der Waals surface area contributed by atoms with Gasteiger partial charge in [-0.2, -0.15) is 0 Å². The fraction of sp³-hybridized carbons (Fsp3) is 0.308. The van der Waals surface area contributed by atoms with Crippen LogP contribution >= 0.6 is 11.8 Å². The van der Waals surface area contributed by atoms with Crippen molar-refractivity contribution >= 4 is 11.8 Å². The van der Waals surface area contributed by atoms with Crippen LogP contribution in [0.5, 0.6) is 11.5 Å². The van der Waals surface area contributed by atoms with E-state index in [-0.39, 0.29) is 0 Å². The van der Waals surface area contributed by atoms with Crippen molar-refractivity contribution in [3.05, 3.63) is 70.3 Å². The van der Waals surface area contributed by atoms with Crippen LogP contribution in [0.1, 0.15) is 33.9 Å². The molecule has 3 aliphatic heterocycles. The molecule has 0 N–H and O–H groups in total. The lowest BCUT2D eigenvalue weighted by Gasteiger charge is -2.49. The van der Waals surface area contributed by atoms with E-state index < -0.39 is 5.79 Å². The lowest BCUT2D eigenvalue weighted by atomic mass is 9.72. The zero-order valence-electron chi connectivity index (χ0n) is 17.8. The van der Waals surface area contributed by atoms with Crippen molar-refractivity contribution in [2.24, 2.45) is 0 Å². The molecule has 4 nitrogen and oxygen atoms in total. The Bertz CT molecular complexity index is 1290. The van der Waals surface area contributed by atoms with Crippen molar-refractivity contribution in [3.8, 4) is 22.6 Å². The Labute approximate surface area is 186 Å². The quantitative estimate of drug-likeness (QED) is 0.562. The van der Waals surface area contributed by atoms with Crippen LogP contribution in [0.2, 0.25) is 0 Å². The number of fused-ring (bicyclic) bond motifs is 2. The highest BCUT2D eigenvalue weighted by Gasteiger charge is 2.53. The molecule has 5 heteroatoms. The van der Waals surface area contributed by atoms with Gasteiger partial charge >= 0.3 is 0 Å². The molecular formula is C26H23NO3S. The number of benzene rings is 3. The second kappa shape index (κ2) is 6.06. The third-order valence-electron chi connectivity index (χ3n) is 7.43. The van der Waals surface area contributed by atoms with E-state index in [0.717, 1.165) is 36.4 Å². The second-order valence-electron chi connectivity index (χ2n) is 8.80. The first-order chi connectivity index (χ1) is 15.2. The van der Waals surface area contributed by atoms with Gasteiger partial charge in [-0.15, -0.1) is 0 Å². The number of methoxy groups -OCH3 is 2. The Morgan fingerprint density at radius 2 is 1.94 bits per heavy atom. The Morgan fingerprint density at radius 1 is 1.06 bits per heavy atom. The molecule has 7 rings (SSSR count). The number of ether oxygens (including phenoxy) is 3. The fourth-order valence-corrected chi connectivity index (χ4v) is 7.25. The third kappa shape index (κ3) is 2.10. The van der Waals surface area contributed by atoms with E-state index in [1.54, 1.807) is 14.2 Å². The SMILES string of the molecule is COc1ccc2c3c1OC1(OC)c4ccccc4Sc4cc5c(c-3c41)[C@@H](C2)N(C)CC5. The van der Waals surface area contributed by atoms with Crippen LogP contribution in [0.3, 0.4) is 0 Å². The standard InChI is InChI=1S/C26H23NO3S/c1-27-11-10-15-13-20-24-23-21(15)17(27)12-14-8-9-18(28-2)25(22(14)23)30-26(24,29-3)16-6-4-5-7-19(16)31-20/h4-9,13,17H,10-12H2,1-3H3/t17-,26?/m1/s1. The summed E-state index contributed by atoms with van der Waals surface area (Å²) in [5, 5.41) is 0. The van der Waals surface area contributed by atoms with Crippen molar-refractivity contribution in [1.82, 2.24) is 4.90 Å². The van der Waals surface area contributed by atoms with Gasteiger partial charge in [-0.25, -0.2) is 0 Å². The average Bonchev–Trinajstić information content (AvgIpc) is 2.81. The van der Waals surface area contributed by atoms with Gasteiger partial charge in [0.2, 0.25) is 0 Å². The molecule has 0 radical (unpaired) electrons. The first kappa shape index (κ1) is 18.1. The van der Waals surface area contributed by atoms with Crippen LogP contribution in [0.15, 0.2) is 52.3 Å². The molecule has 0 amide bonds. The maximum Gasteiger partial charge on any atom is 0.267 e. The van der Waals surface area contributed by atoms with E-state index in [0.29, 0.717) is 6.04 Å². The molecule has 0 spiro atoms. The highest BCUT2D eigenvalue weighted by molar-refractivity contribution is 7.99. The minimum absolute atomic E-state index is 0.382. The van der Waals surface area contributed by atoms with Crippen molar-refractivity contribution in [1.29, 1.82) is 0 Å². The first-order valence-electron chi connectivity index (χ1n) is 10.8. The fourth-order valence-electron chi connectivity index (χ4n) is 6.01. The van der Waals surface area contributed by atoms with Crippen molar-refractivity contribution in [2.45, 2.75) is 34.5 Å². The summed E-state index contributed by atoms with van der Waals surface area (Å²) in [6.07, 6.45) is 2.06. The predicted molar refractivity (Wildman–Crippen MR) is 120 cm³/mol. The summed E-state index contributed by atoms with van der Waals surface area (Å²) in [7, 11) is 5.73. The molecular weight excluding hydrogens is 406 g/mol. The summed E-state index contributed by atoms with van der Waals surface area (Å²) in [5.41, 5.74) is 9.00. The zero-order chi connectivity index (χ0) is 20.9. The third-order valence-corrected chi connectivity index (χ3v) is 8.55. The molecule has 0 fully saturated rings. The second-order valence-corrected chi connectivity index (χ2v) is 9.88. The van der Waals surface area contributed by atoms with Crippen molar-refractivity contribution in [2.75, 3.05) is 27.8 Å². The topological polar surface area (TPSA) is 30.9 Å². The van der Waals surface area contributed by atoms with Gasteiger partial charge in [0, 0.05) is 46.2 Å². The molecule has 0 bridgehead atoms. The molecule has 3 heterocycles. The Kier molecular flexibility index (Phi) is 3.55. The number of hydrogen-bond donors (Lipinski definition) is 0. The summed E-state index contributed by atoms with van der Waals surface area (Å²) in [4.78, 5) is 4.94. The number of rotatable bonds is 2. The van der Waals surface area contributed by atoms with Crippen LogP contribution in [0.25, 0.3) is 11.1 Å². The molecule has 31 heavy (non-hydrogen) atoms. The molecule has 156 valence electrons. The normalized spacial score (nSPS) is 24.2. The summed E-state index contributed by atoms with van der Waals surface area (Å²) < 4.78 is 19.0. The van der Waals surface area contributed by atoms with Crippen LogP contribution < -0.4 is 9.47 Å². The molecule has 1 aliphatic carbocycles. The highest BCUT2D eigenvalue weighted by atomic mass is 32.2. The van der Waals surface area contributed by atoms with Crippen molar-refractivity contribution in [3.63, 3.8) is 0 Å². The largest absolute Gasteiger partial charge is 0.493 e. The Balaban J connectivity index is 1.67. The van der Waals surface area contributed by atoms with Gasteiger partial charge in [-0.1, -0.05) is 36.0 Å². The number of hydrogen-bond acceptors (Lipinski definition) is 5.